The van der Waals surface area contributed by atoms with Crippen LogP contribution in [0.4, 0.5) is 5.69 Å². The minimum absolute atomic E-state index is 0.715. The lowest BCUT2D eigenvalue weighted by Crippen LogP contribution is -2.60. The van der Waals surface area contributed by atoms with Crippen LogP contribution in [0.5, 0.6) is 0 Å². The first-order valence-corrected chi connectivity index (χ1v) is 6.30. The molecule has 0 atom stereocenters. The summed E-state index contributed by atoms with van der Waals surface area (Å²) in [7, 11) is 2.01. The SMILES string of the molecule is CNCc1ccccc1N1CC2(CCC2)C1. The Hall–Kier alpha value is -1.02. The van der Waals surface area contributed by atoms with E-state index in [4.69, 9.17) is 0 Å². The van der Waals surface area contributed by atoms with Crippen LogP contribution >= 0.6 is 0 Å². The Bertz CT molecular complexity index is 374. The van der Waals surface area contributed by atoms with E-state index < -0.39 is 0 Å². The Labute approximate surface area is 97.6 Å². The number of nitrogens with zero attached hydrogens (tertiary/aromatic N) is 1. The zero-order valence-corrected chi connectivity index (χ0v) is 10.00. The largest absolute Gasteiger partial charge is 0.370 e. The van der Waals surface area contributed by atoms with Crippen molar-refractivity contribution in [2.24, 2.45) is 5.41 Å². The maximum absolute atomic E-state index is 3.25. The van der Waals surface area contributed by atoms with Crippen molar-refractivity contribution in [1.29, 1.82) is 0 Å². The van der Waals surface area contributed by atoms with Crippen LogP contribution in [0.15, 0.2) is 24.3 Å². The summed E-state index contributed by atoms with van der Waals surface area (Å²) >= 11 is 0. The molecule has 1 N–H and O–H groups in total. The van der Waals surface area contributed by atoms with Crippen LogP contribution in [0.1, 0.15) is 24.8 Å². The van der Waals surface area contributed by atoms with Crippen LogP contribution in [0, 0.1) is 5.41 Å². The molecule has 1 saturated carbocycles. The molecule has 1 aromatic carbocycles. The van der Waals surface area contributed by atoms with Crippen LogP contribution in [0.3, 0.4) is 0 Å². The molecule has 2 aliphatic rings. The van der Waals surface area contributed by atoms with Crippen LogP contribution in [-0.4, -0.2) is 20.1 Å². The Kier molecular flexibility index (Phi) is 2.40. The van der Waals surface area contributed by atoms with Gasteiger partial charge >= 0.3 is 0 Å². The van der Waals surface area contributed by atoms with Crippen LogP contribution in [-0.2, 0) is 6.54 Å². The van der Waals surface area contributed by atoms with Gasteiger partial charge in [-0.1, -0.05) is 24.6 Å². The quantitative estimate of drug-likeness (QED) is 0.834. The average molecular weight is 216 g/mol. The van der Waals surface area contributed by atoms with Crippen molar-refractivity contribution in [2.45, 2.75) is 25.8 Å². The molecule has 1 aliphatic heterocycles. The van der Waals surface area contributed by atoms with Gasteiger partial charge in [0.25, 0.3) is 0 Å². The van der Waals surface area contributed by atoms with Gasteiger partial charge in [-0.05, 0) is 31.5 Å². The predicted molar refractivity (Wildman–Crippen MR) is 67.7 cm³/mol. The molecular weight excluding hydrogens is 196 g/mol. The number of hydrogen-bond acceptors (Lipinski definition) is 2. The number of para-hydroxylation sites is 1. The first-order chi connectivity index (χ1) is 7.83. The van der Waals surface area contributed by atoms with E-state index in [0.29, 0.717) is 5.41 Å². The molecule has 0 unspecified atom stereocenters. The molecule has 2 heteroatoms. The highest BCUT2D eigenvalue weighted by atomic mass is 15.2. The molecule has 0 radical (unpaired) electrons. The molecule has 16 heavy (non-hydrogen) atoms. The minimum Gasteiger partial charge on any atom is -0.370 e. The number of rotatable bonds is 3. The molecule has 2 fully saturated rings. The Morgan fingerprint density at radius 3 is 2.62 bits per heavy atom. The fourth-order valence-corrected chi connectivity index (χ4v) is 3.09. The smallest absolute Gasteiger partial charge is 0.0412 e. The third-order valence-corrected chi connectivity index (χ3v) is 4.17. The molecule has 86 valence electrons. The third kappa shape index (κ3) is 1.52. The third-order valence-electron chi connectivity index (χ3n) is 4.17. The fraction of sp³-hybridized carbons (Fsp3) is 0.571. The Morgan fingerprint density at radius 1 is 1.25 bits per heavy atom. The zero-order valence-electron chi connectivity index (χ0n) is 10.00. The van der Waals surface area contributed by atoms with Crippen molar-refractivity contribution >= 4 is 5.69 Å². The maximum atomic E-state index is 3.25. The fourth-order valence-electron chi connectivity index (χ4n) is 3.09. The van der Waals surface area contributed by atoms with E-state index in [1.54, 1.807) is 0 Å². The molecule has 3 rings (SSSR count). The molecule has 0 aromatic heterocycles. The normalized spacial score (nSPS) is 21.7. The number of hydrogen-bond donors (Lipinski definition) is 1. The van der Waals surface area contributed by atoms with Crippen molar-refractivity contribution < 1.29 is 0 Å². The van der Waals surface area contributed by atoms with Gasteiger partial charge in [0, 0.05) is 30.7 Å². The summed E-state index contributed by atoms with van der Waals surface area (Å²) in [6.45, 7) is 3.54. The van der Waals surface area contributed by atoms with E-state index in [9.17, 15) is 0 Å². The highest BCUT2D eigenvalue weighted by Crippen LogP contribution is 2.49. The summed E-state index contributed by atoms with van der Waals surface area (Å²) in [6, 6.07) is 8.78. The second-order valence-corrected chi connectivity index (χ2v) is 5.37. The molecule has 1 heterocycles. The Balaban J connectivity index is 1.74. The van der Waals surface area contributed by atoms with Gasteiger partial charge in [0.15, 0.2) is 0 Å². The molecule has 0 amide bonds. The molecule has 1 spiro atoms. The molecular formula is C14H20N2. The van der Waals surface area contributed by atoms with Crippen molar-refractivity contribution in [3.05, 3.63) is 29.8 Å². The second kappa shape index (κ2) is 3.77. The number of benzene rings is 1. The van der Waals surface area contributed by atoms with Crippen molar-refractivity contribution in [1.82, 2.24) is 5.32 Å². The van der Waals surface area contributed by atoms with Crippen molar-refractivity contribution in [3.8, 4) is 0 Å². The standard InChI is InChI=1S/C14H20N2/c1-15-9-12-5-2-3-6-13(12)16-10-14(11-16)7-4-8-14/h2-3,5-6,15H,4,7-11H2,1H3. The van der Waals surface area contributed by atoms with Crippen molar-refractivity contribution in [2.75, 3.05) is 25.0 Å². The van der Waals surface area contributed by atoms with Gasteiger partial charge in [0.1, 0.15) is 0 Å². The molecule has 1 aromatic rings. The van der Waals surface area contributed by atoms with Gasteiger partial charge < -0.3 is 10.2 Å². The van der Waals surface area contributed by atoms with Crippen LogP contribution < -0.4 is 10.2 Å². The Morgan fingerprint density at radius 2 is 2.00 bits per heavy atom. The number of nitrogens with one attached hydrogen (secondary N) is 1. The number of anilines is 1. The second-order valence-electron chi connectivity index (χ2n) is 5.37. The van der Waals surface area contributed by atoms with Gasteiger partial charge in [-0.2, -0.15) is 0 Å². The predicted octanol–water partition coefficient (Wildman–Crippen LogP) is 2.40. The topological polar surface area (TPSA) is 15.3 Å². The first-order valence-electron chi connectivity index (χ1n) is 6.30. The summed E-state index contributed by atoms with van der Waals surface area (Å²) in [5.74, 6) is 0. The molecule has 2 nitrogen and oxygen atoms in total. The maximum Gasteiger partial charge on any atom is 0.0412 e. The molecule has 0 bridgehead atoms. The monoisotopic (exact) mass is 216 g/mol. The van der Waals surface area contributed by atoms with Gasteiger partial charge in [0.2, 0.25) is 0 Å². The van der Waals surface area contributed by atoms with Gasteiger partial charge in [-0.15, -0.1) is 0 Å². The summed E-state index contributed by atoms with van der Waals surface area (Å²) < 4.78 is 0. The van der Waals surface area contributed by atoms with Gasteiger partial charge in [-0.3, -0.25) is 0 Å². The lowest BCUT2D eigenvalue weighted by molar-refractivity contribution is 0.0902. The van der Waals surface area contributed by atoms with Crippen LogP contribution in [0.2, 0.25) is 0 Å². The summed E-state index contributed by atoms with van der Waals surface area (Å²) in [5.41, 5.74) is 3.58. The van der Waals surface area contributed by atoms with E-state index in [1.165, 1.54) is 43.6 Å². The first kappa shape index (κ1) is 10.2. The summed E-state index contributed by atoms with van der Waals surface area (Å²) in [6.07, 6.45) is 4.36. The molecule has 1 aliphatic carbocycles. The highest BCUT2D eigenvalue weighted by molar-refractivity contribution is 5.56. The van der Waals surface area contributed by atoms with E-state index in [2.05, 4.69) is 34.5 Å². The van der Waals surface area contributed by atoms with Gasteiger partial charge in [0.05, 0.1) is 0 Å². The lowest BCUT2D eigenvalue weighted by Gasteiger charge is -2.57. The van der Waals surface area contributed by atoms with Crippen molar-refractivity contribution in [3.63, 3.8) is 0 Å². The van der Waals surface area contributed by atoms with Crippen LogP contribution in [0.25, 0.3) is 0 Å². The zero-order chi connectivity index (χ0) is 11.0. The highest BCUT2D eigenvalue weighted by Gasteiger charge is 2.47. The minimum atomic E-state index is 0.715. The van der Waals surface area contributed by atoms with E-state index in [-0.39, 0.29) is 0 Å². The average Bonchev–Trinajstić information content (AvgIpc) is 2.16. The van der Waals surface area contributed by atoms with E-state index >= 15 is 0 Å². The summed E-state index contributed by atoms with van der Waals surface area (Å²) in [5, 5.41) is 3.25. The van der Waals surface area contributed by atoms with E-state index in [1.807, 2.05) is 7.05 Å². The molecule has 1 saturated heterocycles. The lowest BCUT2D eigenvalue weighted by atomic mass is 9.63. The van der Waals surface area contributed by atoms with Gasteiger partial charge in [-0.25, -0.2) is 0 Å². The summed E-state index contributed by atoms with van der Waals surface area (Å²) in [4.78, 5) is 2.55. The van der Waals surface area contributed by atoms with E-state index in [0.717, 1.165) is 6.54 Å².